The first-order chi connectivity index (χ1) is 29.2. The van der Waals surface area contributed by atoms with E-state index in [-0.39, 0.29) is 0 Å². The van der Waals surface area contributed by atoms with Crippen molar-refractivity contribution in [2.75, 3.05) is 0 Å². The molecule has 1 nitrogen and oxygen atoms in total. The van der Waals surface area contributed by atoms with Gasteiger partial charge in [0.1, 0.15) is 11.2 Å². The molecule has 59 heavy (non-hydrogen) atoms. The minimum Gasteiger partial charge on any atom is -0.456 e. The number of benzene rings is 12. The van der Waals surface area contributed by atoms with Crippen LogP contribution < -0.4 is 0 Å². The molecule has 1 heteroatoms. The minimum atomic E-state index is 0.923. The topological polar surface area (TPSA) is 13.1 Å². The number of rotatable bonds is 3. The molecule has 0 amide bonds. The third kappa shape index (κ3) is 5.05. The summed E-state index contributed by atoms with van der Waals surface area (Å²) in [6.07, 6.45) is 0. The maximum atomic E-state index is 6.54. The van der Waals surface area contributed by atoms with Gasteiger partial charge < -0.3 is 4.42 Å². The van der Waals surface area contributed by atoms with Crippen LogP contribution in [0.25, 0.3) is 131 Å². The van der Waals surface area contributed by atoms with Crippen molar-refractivity contribution in [2.24, 2.45) is 0 Å². The molecule has 0 atom stereocenters. The molecule has 12 aromatic carbocycles. The zero-order valence-electron chi connectivity index (χ0n) is 32.0. The van der Waals surface area contributed by atoms with Crippen LogP contribution in [0.1, 0.15) is 0 Å². The molecule has 13 rings (SSSR count). The van der Waals surface area contributed by atoms with Crippen LogP contribution in [0.4, 0.5) is 0 Å². The van der Waals surface area contributed by atoms with Gasteiger partial charge in [-0.15, -0.1) is 0 Å². The van der Waals surface area contributed by atoms with E-state index in [1.54, 1.807) is 0 Å². The van der Waals surface area contributed by atoms with E-state index in [9.17, 15) is 0 Å². The van der Waals surface area contributed by atoms with Crippen LogP contribution in [-0.4, -0.2) is 0 Å². The van der Waals surface area contributed by atoms with Gasteiger partial charge in [0.15, 0.2) is 0 Å². The van der Waals surface area contributed by atoms with E-state index in [2.05, 4.69) is 206 Å². The summed E-state index contributed by atoms with van der Waals surface area (Å²) in [5.74, 6) is 0. The van der Waals surface area contributed by atoms with Crippen molar-refractivity contribution in [1.82, 2.24) is 0 Å². The molecule has 0 N–H and O–H groups in total. The van der Waals surface area contributed by atoms with Crippen LogP contribution in [0.3, 0.4) is 0 Å². The van der Waals surface area contributed by atoms with Crippen molar-refractivity contribution in [3.05, 3.63) is 206 Å². The molecule has 0 spiro atoms. The lowest BCUT2D eigenvalue weighted by molar-refractivity contribution is 0.670. The molecule has 1 aromatic heterocycles. The van der Waals surface area contributed by atoms with Gasteiger partial charge in [-0.05, 0) is 157 Å². The van der Waals surface area contributed by atoms with E-state index in [1.807, 2.05) is 0 Å². The number of hydrogen-bond acceptors (Lipinski definition) is 1. The Balaban J connectivity index is 0.848. The molecule has 0 aliphatic rings. The zero-order chi connectivity index (χ0) is 38.6. The van der Waals surface area contributed by atoms with E-state index in [1.165, 1.54) is 109 Å². The monoisotopic (exact) mass is 746 g/mol. The quantitative estimate of drug-likeness (QED) is 0.164. The van der Waals surface area contributed by atoms with E-state index >= 15 is 0 Å². The molecule has 0 saturated heterocycles. The number of fused-ring (bicyclic) bond motifs is 14. The second-order valence-corrected chi connectivity index (χ2v) is 16.1. The summed E-state index contributed by atoms with van der Waals surface area (Å²) >= 11 is 0. The van der Waals surface area contributed by atoms with Gasteiger partial charge in [-0.25, -0.2) is 0 Å². The van der Waals surface area contributed by atoms with Gasteiger partial charge in [0, 0.05) is 10.8 Å². The van der Waals surface area contributed by atoms with Gasteiger partial charge >= 0.3 is 0 Å². The smallest absolute Gasteiger partial charge is 0.136 e. The minimum absolute atomic E-state index is 0.923. The predicted octanol–water partition coefficient (Wildman–Crippen LogP) is 16.7. The molecule has 0 bridgehead atoms. The Bertz CT molecular complexity index is 3890. The van der Waals surface area contributed by atoms with Gasteiger partial charge in [-0.2, -0.15) is 0 Å². The van der Waals surface area contributed by atoms with Crippen LogP contribution in [0.2, 0.25) is 0 Å². The Labute approximate surface area is 340 Å². The second-order valence-electron chi connectivity index (χ2n) is 16.1. The van der Waals surface area contributed by atoms with Crippen molar-refractivity contribution in [3.8, 4) is 33.4 Å². The van der Waals surface area contributed by atoms with Crippen LogP contribution in [0, 0.1) is 0 Å². The molecule has 13 aromatic rings. The average molecular weight is 747 g/mol. The van der Waals surface area contributed by atoms with Crippen LogP contribution in [-0.2, 0) is 0 Å². The van der Waals surface area contributed by atoms with Gasteiger partial charge in [-0.3, -0.25) is 0 Å². The third-order valence-corrected chi connectivity index (χ3v) is 12.8. The van der Waals surface area contributed by atoms with Crippen LogP contribution >= 0.6 is 0 Å². The SMILES string of the molecule is c1ccc2cc3c(cc2c1)oc1cc2c4ccc(-c5ccc(-c6ccc7cc(-c8ccc9c(ccc%10ccccc%109)c8)ccc7c6)cc5)cc4c4ccccc4c2cc13. The van der Waals surface area contributed by atoms with E-state index in [4.69, 9.17) is 4.42 Å². The van der Waals surface area contributed by atoms with Gasteiger partial charge in [0.2, 0.25) is 0 Å². The molecule has 0 radical (unpaired) electrons. The molecule has 1 heterocycles. The maximum absolute atomic E-state index is 6.54. The molecule has 0 aliphatic carbocycles. The Morgan fingerprint density at radius 3 is 1.29 bits per heavy atom. The van der Waals surface area contributed by atoms with E-state index in [0.717, 1.165) is 21.9 Å². The van der Waals surface area contributed by atoms with Gasteiger partial charge in [-0.1, -0.05) is 158 Å². The summed E-state index contributed by atoms with van der Waals surface area (Å²) in [6, 6.07) is 76.0. The highest BCUT2D eigenvalue weighted by Gasteiger charge is 2.15. The Hall–Kier alpha value is -7.74. The molecule has 0 unspecified atom stereocenters. The van der Waals surface area contributed by atoms with Crippen molar-refractivity contribution in [2.45, 2.75) is 0 Å². The predicted molar refractivity (Wildman–Crippen MR) is 253 cm³/mol. The fourth-order valence-electron chi connectivity index (χ4n) is 9.74. The van der Waals surface area contributed by atoms with Crippen molar-refractivity contribution in [1.29, 1.82) is 0 Å². The van der Waals surface area contributed by atoms with Crippen LogP contribution in [0.15, 0.2) is 211 Å². The highest BCUT2D eigenvalue weighted by molar-refractivity contribution is 6.29. The highest BCUT2D eigenvalue weighted by atomic mass is 16.3. The maximum Gasteiger partial charge on any atom is 0.136 e. The number of hydrogen-bond donors (Lipinski definition) is 0. The summed E-state index contributed by atoms with van der Waals surface area (Å²) in [5, 5.41) is 19.8. The Morgan fingerprint density at radius 1 is 0.186 bits per heavy atom. The Morgan fingerprint density at radius 2 is 0.576 bits per heavy atom. The Kier molecular flexibility index (Phi) is 6.79. The lowest BCUT2D eigenvalue weighted by Gasteiger charge is -2.13. The lowest BCUT2D eigenvalue weighted by Crippen LogP contribution is -1.86. The van der Waals surface area contributed by atoms with E-state index < -0.39 is 0 Å². The number of furan rings is 1. The highest BCUT2D eigenvalue weighted by Crippen LogP contribution is 2.42. The first-order valence-corrected chi connectivity index (χ1v) is 20.4. The fourth-order valence-corrected chi connectivity index (χ4v) is 9.74. The molecule has 0 aliphatic heterocycles. The second kappa shape index (κ2) is 12.4. The largest absolute Gasteiger partial charge is 0.456 e. The third-order valence-electron chi connectivity index (χ3n) is 12.8. The average Bonchev–Trinajstić information content (AvgIpc) is 3.65. The summed E-state index contributed by atoms with van der Waals surface area (Å²) < 4.78 is 6.54. The van der Waals surface area contributed by atoms with Gasteiger partial charge in [0.25, 0.3) is 0 Å². The van der Waals surface area contributed by atoms with Crippen molar-refractivity contribution in [3.63, 3.8) is 0 Å². The summed E-state index contributed by atoms with van der Waals surface area (Å²) in [6.45, 7) is 0. The lowest BCUT2D eigenvalue weighted by atomic mass is 9.91. The van der Waals surface area contributed by atoms with Gasteiger partial charge in [0.05, 0.1) is 0 Å². The first-order valence-electron chi connectivity index (χ1n) is 20.4. The van der Waals surface area contributed by atoms with E-state index in [0.29, 0.717) is 0 Å². The molecule has 0 saturated carbocycles. The molecule has 0 fully saturated rings. The van der Waals surface area contributed by atoms with Crippen LogP contribution in [0.5, 0.6) is 0 Å². The fraction of sp³-hybridized carbons (Fsp3) is 0. The molecular formula is C58H34O. The molecule has 272 valence electrons. The summed E-state index contributed by atoms with van der Waals surface area (Å²) in [7, 11) is 0. The first kappa shape index (κ1) is 32.4. The normalized spacial score (nSPS) is 12.1. The molecular weight excluding hydrogens is 713 g/mol. The zero-order valence-corrected chi connectivity index (χ0v) is 32.0. The van der Waals surface area contributed by atoms with Crippen molar-refractivity contribution >= 4 is 97.3 Å². The van der Waals surface area contributed by atoms with Crippen molar-refractivity contribution < 1.29 is 4.42 Å². The summed E-state index contributed by atoms with van der Waals surface area (Å²) in [4.78, 5) is 0. The standard InChI is InChI=1S/C58H34O/c1-2-9-39-32-57-55(31-38(39)8-1)56-33-53-50-12-6-5-11-49(50)52-30-45(24-26-51(52)54(53)34-58(56)59-57)36-15-13-35(14-16-36)40-18-19-42-28-43(21-20-41(42)27-40)44-23-25-48-46(29-44)22-17-37-7-3-4-10-47(37)48/h1-34H. The summed E-state index contributed by atoms with van der Waals surface area (Å²) in [5.41, 5.74) is 9.16.